The van der Waals surface area contributed by atoms with E-state index in [1.807, 2.05) is 13.1 Å². The first kappa shape index (κ1) is 22.0. The number of hydrogen-bond donors (Lipinski definition) is 2. The molecule has 3 heterocycles. The number of amidine groups is 2. The molecule has 0 saturated carbocycles. The molecule has 0 radical (unpaired) electrons. The van der Waals surface area contributed by atoms with Crippen molar-refractivity contribution in [2.45, 2.75) is 39.3 Å². The van der Waals surface area contributed by atoms with Crippen LogP contribution in [0.5, 0.6) is 0 Å². The monoisotopic (exact) mass is 432 g/mol. The van der Waals surface area contributed by atoms with Crippen molar-refractivity contribution in [1.29, 1.82) is 0 Å². The molecule has 0 amide bonds. The number of methoxy groups -OCH3 is 1. The van der Waals surface area contributed by atoms with Gasteiger partial charge < -0.3 is 20.3 Å². The number of nitrogens with zero attached hydrogens (tertiary/aromatic N) is 4. The molecule has 1 aromatic rings. The molecule has 3 aliphatic heterocycles. The van der Waals surface area contributed by atoms with Crippen LogP contribution >= 0.6 is 0 Å². The lowest BCUT2D eigenvalue weighted by molar-refractivity contribution is 0.244. The zero-order chi connectivity index (χ0) is 22.9. The molecule has 0 fully saturated rings. The number of anilines is 1. The molecule has 1 atom stereocenters. The van der Waals surface area contributed by atoms with Crippen LogP contribution in [0.4, 0.5) is 5.69 Å². The van der Waals surface area contributed by atoms with Crippen molar-refractivity contribution in [3.63, 3.8) is 0 Å². The van der Waals surface area contributed by atoms with E-state index in [0.717, 1.165) is 40.7 Å². The number of nitrogens with one attached hydrogen (secondary N) is 2. The lowest BCUT2D eigenvalue weighted by Gasteiger charge is -2.33. The maximum Gasteiger partial charge on any atom is 0.154 e. The Bertz CT molecular complexity index is 1070. The molecule has 32 heavy (non-hydrogen) atoms. The molecule has 1 unspecified atom stereocenters. The summed E-state index contributed by atoms with van der Waals surface area (Å²) in [6, 6.07) is 8.52. The molecule has 0 spiro atoms. The van der Waals surface area contributed by atoms with Gasteiger partial charge in [0.05, 0.1) is 23.6 Å². The lowest BCUT2D eigenvalue weighted by Crippen LogP contribution is -2.42. The van der Waals surface area contributed by atoms with Crippen LogP contribution in [0, 0.1) is 0 Å². The highest BCUT2D eigenvalue weighted by Crippen LogP contribution is 2.28. The minimum absolute atomic E-state index is 0.116. The average molecular weight is 433 g/mol. The van der Waals surface area contributed by atoms with E-state index >= 15 is 0 Å². The van der Waals surface area contributed by atoms with Gasteiger partial charge >= 0.3 is 0 Å². The third kappa shape index (κ3) is 4.53. The van der Waals surface area contributed by atoms with Crippen LogP contribution in [-0.4, -0.2) is 56.3 Å². The molecule has 4 rings (SSSR count). The van der Waals surface area contributed by atoms with Crippen LogP contribution < -0.4 is 10.6 Å². The molecule has 168 valence electrons. The van der Waals surface area contributed by atoms with E-state index in [1.165, 1.54) is 5.56 Å². The van der Waals surface area contributed by atoms with E-state index in [4.69, 9.17) is 14.7 Å². The standard InChI is InChI=1S/C25H32N6O/c1-16-22(31(5)14-13-26-16)20-12-11-19-23(29-21(15-32-6)30-24(19)28-20)27-18-9-7-17(8-10-18)25(2,3)4/h7-13,24,28H,14-15H2,1-6H3,(H,27,29,30). The third-order valence-corrected chi connectivity index (χ3v) is 5.72. The van der Waals surface area contributed by atoms with Gasteiger partial charge in [0, 0.05) is 31.6 Å². The first-order chi connectivity index (χ1) is 15.3. The minimum atomic E-state index is -0.242. The summed E-state index contributed by atoms with van der Waals surface area (Å²) < 4.78 is 5.33. The van der Waals surface area contributed by atoms with Gasteiger partial charge in [-0.25, -0.2) is 9.98 Å². The lowest BCUT2D eigenvalue weighted by atomic mass is 9.87. The molecule has 0 aliphatic carbocycles. The molecule has 0 saturated heterocycles. The number of likely N-dealkylation sites (N-methyl/N-ethyl adjacent to an activating group) is 1. The molecule has 7 nitrogen and oxygen atoms in total. The fraction of sp³-hybridized carbons (Fsp3) is 0.400. The summed E-state index contributed by atoms with van der Waals surface area (Å²) in [5, 5.41) is 7.06. The summed E-state index contributed by atoms with van der Waals surface area (Å²) in [5.74, 6) is 1.43. The highest BCUT2D eigenvalue weighted by atomic mass is 16.5. The highest BCUT2D eigenvalue weighted by molar-refractivity contribution is 6.16. The van der Waals surface area contributed by atoms with Crippen molar-refractivity contribution < 1.29 is 4.74 Å². The second-order valence-corrected chi connectivity index (χ2v) is 9.27. The van der Waals surface area contributed by atoms with Gasteiger partial charge in [0.1, 0.15) is 12.4 Å². The Morgan fingerprint density at radius 3 is 2.59 bits per heavy atom. The summed E-state index contributed by atoms with van der Waals surface area (Å²) >= 11 is 0. The number of benzene rings is 1. The number of ether oxygens (including phenoxy) is 1. The van der Waals surface area contributed by atoms with Gasteiger partial charge in [-0.15, -0.1) is 0 Å². The molecule has 0 aromatic heterocycles. The Labute approximate surface area is 190 Å². The van der Waals surface area contributed by atoms with Gasteiger partial charge in [-0.3, -0.25) is 4.99 Å². The Hall–Kier alpha value is -3.19. The zero-order valence-electron chi connectivity index (χ0n) is 19.7. The predicted molar refractivity (Wildman–Crippen MR) is 132 cm³/mol. The zero-order valence-corrected chi connectivity index (χ0v) is 19.7. The molecular formula is C25H32N6O. The topological polar surface area (TPSA) is 73.6 Å². The van der Waals surface area contributed by atoms with Gasteiger partial charge in [-0.05, 0) is 42.2 Å². The summed E-state index contributed by atoms with van der Waals surface area (Å²) in [7, 11) is 3.73. The normalized spacial score (nSPS) is 20.7. The summed E-state index contributed by atoms with van der Waals surface area (Å²) in [6.45, 7) is 9.81. The van der Waals surface area contributed by atoms with E-state index in [1.54, 1.807) is 7.11 Å². The first-order valence-corrected chi connectivity index (χ1v) is 10.9. The molecule has 3 aliphatic rings. The second-order valence-electron chi connectivity index (χ2n) is 9.27. The van der Waals surface area contributed by atoms with Crippen LogP contribution in [0.3, 0.4) is 0 Å². The first-order valence-electron chi connectivity index (χ1n) is 10.9. The SMILES string of the molecule is COCC1=NC2NC(C3=C(C)N=CCN3C)=CC=C2C(Nc2ccc(C(C)(C)C)cc2)=N1. The largest absolute Gasteiger partial charge is 0.377 e. The quantitative estimate of drug-likeness (QED) is 0.758. The molecule has 1 aromatic carbocycles. The Morgan fingerprint density at radius 2 is 1.94 bits per heavy atom. The van der Waals surface area contributed by atoms with Crippen LogP contribution in [-0.2, 0) is 10.2 Å². The molecule has 0 bridgehead atoms. The minimum Gasteiger partial charge on any atom is -0.377 e. The maximum absolute atomic E-state index is 5.33. The molecule has 7 heteroatoms. The number of rotatable bonds is 4. The van der Waals surface area contributed by atoms with E-state index < -0.39 is 0 Å². The average Bonchev–Trinajstić information content (AvgIpc) is 2.73. The van der Waals surface area contributed by atoms with Gasteiger partial charge in [0.15, 0.2) is 12.0 Å². The van der Waals surface area contributed by atoms with Crippen LogP contribution in [0.2, 0.25) is 0 Å². The van der Waals surface area contributed by atoms with Crippen molar-refractivity contribution in [3.05, 3.63) is 64.6 Å². The molecule has 2 N–H and O–H groups in total. The van der Waals surface area contributed by atoms with Crippen molar-refractivity contribution in [1.82, 2.24) is 10.2 Å². The van der Waals surface area contributed by atoms with Crippen LogP contribution in [0.15, 0.2) is 74.1 Å². The van der Waals surface area contributed by atoms with Crippen molar-refractivity contribution >= 4 is 23.6 Å². The summed E-state index contributed by atoms with van der Waals surface area (Å²) in [5.41, 5.74) is 6.47. The fourth-order valence-corrected chi connectivity index (χ4v) is 3.98. The van der Waals surface area contributed by atoms with Crippen LogP contribution in [0.25, 0.3) is 0 Å². The van der Waals surface area contributed by atoms with Crippen molar-refractivity contribution in [2.75, 3.05) is 32.6 Å². The van der Waals surface area contributed by atoms with Crippen molar-refractivity contribution in [3.8, 4) is 0 Å². The summed E-state index contributed by atoms with van der Waals surface area (Å²) in [6.07, 6.45) is 5.86. The van der Waals surface area contributed by atoms with Gasteiger partial charge in [-0.1, -0.05) is 32.9 Å². The third-order valence-electron chi connectivity index (χ3n) is 5.72. The van der Waals surface area contributed by atoms with E-state index in [0.29, 0.717) is 12.4 Å². The van der Waals surface area contributed by atoms with E-state index in [-0.39, 0.29) is 11.6 Å². The van der Waals surface area contributed by atoms with Crippen molar-refractivity contribution in [2.24, 2.45) is 15.0 Å². The fourth-order valence-electron chi connectivity index (χ4n) is 3.98. The predicted octanol–water partition coefficient (Wildman–Crippen LogP) is 3.84. The smallest absolute Gasteiger partial charge is 0.154 e. The molecular weight excluding hydrogens is 400 g/mol. The number of fused-ring (bicyclic) bond motifs is 1. The van der Waals surface area contributed by atoms with Crippen LogP contribution in [0.1, 0.15) is 33.3 Å². The van der Waals surface area contributed by atoms with E-state index in [9.17, 15) is 0 Å². The number of hydrogen-bond acceptors (Lipinski definition) is 7. The second kappa shape index (κ2) is 8.74. The highest BCUT2D eigenvalue weighted by Gasteiger charge is 2.29. The van der Waals surface area contributed by atoms with Gasteiger partial charge in [0.25, 0.3) is 0 Å². The van der Waals surface area contributed by atoms with Gasteiger partial charge in [0.2, 0.25) is 0 Å². The maximum atomic E-state index is 5.33. The Kier molecular flexibility index (Phi) is 6.02. The van der Waals surface area contributed by atoms with Gasteiger partial charge in [-0.2, -0.15) is 0 Å². The number of aliphatic imine (C=N–C) groups is 3. The number of dihydropyridines is 1. The van der Waals surface area contributed by atoms with E-state index in [2.05, 4.69) is 84.8 Å². The number of allylic oxidation sites excluding steroid dienone is 3. The summed E-state index contributed by atoms with van der Waals surface area (Å²) in [4.78, 5) is 16.2. The Balaban J connectivity index is 1.65. The Morgan fingerprint density at radius 1 is 1.19 bits per heavy atom.